The standard InChI is InChI=1S/C23H40N6O2/c1-2-25-23(26-11-8-13-28-12-6-9-19(18-28)22(24)30)27-17-20(21-10-7-16-31-21)29-14-4-3-5-15-29/h7,10,16,19-20H,2-6,8-9,11-15,17-18H2,1H3,(H2,24,30)(H2,25,26,27). The molecule has 2 saturated heterocycles. The number of rotatable bonds is 10. The lowest BCUT2D eigenvalue weighted by atomic mass is 9.97. The second-order valence-electron chi connectivity index (χ2n) is 8.67. The summed E-state index contributed by atoms with van der Waals surface area (Å²) in [5, 5.41) is 6.83. The van der Waals surface area contributed by atoms with Crippen LogP contribution >= 0.6 is 0 Å². The van der Waals surface area contributed by atoms with Gasteiger partial charge >= 0.3 is 0 Å². The molecular formula is C23H40N6O2. The molecule has 2 aliphatic heterocycles. The van der Waals surface area contributed by atoms with Crippen LogP contribution in [0.5, 0.6) is 0 Å². The van der Waals surface area contributed by atoms with Gasteiger partial charge in [-0.2, -0.15) is 0 Å². The van der Waals surface area contributed by atoms with Gasteiger partial charge in [0.05, 0.1) is 24.8 Å². The van der Waals surface area contributed by atoms with E-state index in [-0.39, 0.29) is 17.9 Å². The molecule has 3 heterocycles. The number of piperidine rings is 2. The van der Waals surface area contributed by atoms with Gasteiger partial charge in [0.25, 0.3) is 0 Å². The maximum Gasteiger partial charge on any atom is 0.221 e. The second-order valence-corrected chi connectivity index (χ2v) is 8.67. The highest BCUT2D eigenvalue weighted by Gasteiger charge is 2.25. The number of hydrogen-bond donors (Lipinski definition) is 3. The van der Waals surface area contributed by atoms with Crippen molar-refractivity contribution in [3.05, 3.63) is 24.2 Å². The Morgan fingerprint density at radius 2 is 2.10 bits per heavy atom. The molecule has 2 unspecified atom stereocenters. The minimum atomic E-state index is -0.163. The molecule has 0 bridgehead atoms. The summed E-state index contributed by atoms with van der Waals surface area (Å²) >= 11 is 0. The highest BCUT2D eigenvalue weighted by Crippen LogP contribution is 2.25. The SMILES string of the molecule is CCNC(=NCC(c1ccco1)N1CCCCC1)NCCCN1CCCC(C(N)=O)C1. The van der Waals surface area contributed by atoms with Crippen LogP contribution < -0.4 is 16.4 Å². The Balaban J connectivity index is 1.48. The van der Waals surface area contributed by atoms with Crippen LogP contribution in [0.1, 0.15) is 57.3 Å². The van der Waals surface area contributed by atoms with Gasteiger partial charge in [-0.15, -0.1) is 0 Å². The first-order valence-electron chi connectivity index (χ1n) is 12.0. The topological polar surface area (TPSA) is 99.1 Å². The molecule has 1 aromatic heterocycles. The summed E-state index contributed by atoms with van der Waals surface area (Å²) in [6.07, 6.45) is 8.53. The summed E-state index contributed by atoms with van der Waals surface area (Å²) in [6, 6.07) is 4.21. The van der Waals surface area contributed by atoms with Crippen molar-refractivity contribution in [1.82, 2.24) is 20.4 Å². The van der Waals surface area contributed by atoms with E-state index in [2.05, 4.69) is 33.4 Å². The third kappa shape index (κ3) is 7.54. The van der Waals surface area contributed by atoms with Gasteiger partial charge in [-0.1, -0.05) is 6.42 Å². The Labute approximate surface area is 186 Å². The number of nitrogens with zero attached hydrogens (tertiary/aromatic N) is 3. The van der Waals surface area contributed by atoms with Gasteiger partial charge in [0.1, 0.15) is 5.76 Å². The van der Waals surface area contributed by atoms with E-state index in [1.54, 1.807) is 6.26 Å². The van der Waals surface area contributed by atoms with E-state index in [1.165, 1.54) is 19.3 Å². The fourth-order valence-corrected chi connectivity index (χ4v) is 4.62. The Bertz CT molecular complexity index is 672. The first-order chi connectivity index (χ1) is 15.2. The minimum absolute atomic E-state index is 0.00825. The van der Waals surface area contributed by atoms with Crippen LogP contribution in [-0.4, -0.2) is 74.0 Å². The predicted octanol–water partition coefficient (Wildman–Crippen LogP) is 1.95. The van der Waals surface area contributed by atoms with Crippen LogP contribution in [0.2, 0.25) is 0 Å². The van der Waals surface area contributed by atoms with E-state index < -0.39 is 0 Å². The normalized spacial score (nSPS) is 22.2. The first-order valence-corrected chi connectivity index (χ1v) is 12.0. The number of amides is 1. The summed E-state index contributed by atoms with van der Waals surface area (Å²) in [5.74, 6) is 1.69. The lowest BCUT2D eigenvalue weighted by Gasteiger charge is -2.32. The van der Waals surface area contributed by atoms with Crippen molar-refractivity contribution in [3.63, 3.8) is 0 Å². The molecule has 2 aliphatic rings. The molecule has 0 aliphatic carbocycles. The van der Waals surface area contributed by atoms with Crippen molar-refractivity contribution in [2.24, 2.45) is 16.6 Å². The second kappa shape index (κ2) is 12.7. The molecule has 0 saturated carbocycles. The fraction of sp³-hybridized carbons (Fsp3) is 0.739. The number of carbonyl (C=O) groups is 1. The molecule has 2 atom stereocenters. The quantitative estimate of drug-likeness (QED) is 0.297. The summed E-state index contributed by atoms with van der Waals surface area (Å²) in [6.45, 7) is 9.46. The van der Waals surface area contributed by atoms with Gasteiger partial charge in [0.15, 0.2) is 5.96 Å². The molecular weight excluding hydrogens is 392 g/mol. The number of nitrogens with one attached hydrogen (secondary N) is 2. The highest BCUT2D eigenvalue weighted by molar-refractivity contribution is 5.79. The number of hydrogen-bond acceptors (Lipinski definition) is 5. The van der Waals surface area contributed by atoms with E-state index in [0.717, 1.165) is 76.8 Å². The van der Waals surface area contributed by atoms with E-state index >= 15 is 0 Å². The molecule has 31 heavy (non-hydrogen) atoms. The van der Waals surface area contributed by atoms with Crippen molar-refractivity contribution in [3.8, 4) is 0 Å². The molecule has 174 valence electrons. The van der Waals surface area contributed by atoms with E-state index in [4.69, 9.17) is 15.1 Å². The van der Waals surface area contributed by atoms with Crippen molar-refractivity contribution in [1.29, 1.82) is 0 Å². The molecule has 0 aromatic carbocycles. The van der Waals surface area contributed by atoms with Gasteiger partial charge in [-0.25, -0.2) is 0 Å². The van der Waals surface area contributed by atoms with Gasteiger partial charge in [0.2, 0.25) is 5.91 Å². The molecule has 1 aromatic rings. The molecule has 0 radical (unpaired) electrons. The van der Waals surface area contributed by atoms with Crippen LogP contribution in [0.25, 0.3) is 0 Å². The van der Waals surface area contributed by atoms with Crippen molar-refractivity contribution < 1.29 is 9.21 Å². The van der Waals surface area contributed by atoms with Gasteiger partial charge in [-0.05, 0) is 77.3 Å². The fourth-order valence-electron chi connectivity index (χ4n) is 4.62. The first kappa shape index (κ1) is 23.6. The summed E-state index contributed by atoms with van der Waals surface area (Å²) in [4.78, 5) is 21.2. The van der Waals surface area contributed by atoms with E-state index in [0.29, 0.717) is 6.54 Å². The Morgan fingerprint density at radius 3 is 2.81 bits per heavy atom. The van der Waals surface area contributed by atoms with Gasteiger partial charge in [-0.3, -0.25) is 14.7 Å². The Morgan fingerprint density at radius 1 is 1.26 bits per heavy atom. The minimum Gasteiger partial charge on any atom is -0.468 e. The smallest absolute Gasteiger partial charge is 0.221 e. The molecule has 3 rings (SSSR count). The molecule has 4 N–H and O–H groups in total. The van der Waals surface area contributed by atoms with Crippen molar-refractivity contribution >= 4 is 11.9 Å². The summed E-state index contributed by atoms with van der Waals surface area (Å²) in [7, 11) is 0. The zero-order valence-electron chi connectivity index (χ0n) is 19.0. The average molecular weight is 433 g/mol. The number of aliphatic imine (C=N–C) groups is 1. The molecule has 8 heteroatoms. The summed E-state index contributed by atoms with van der Waals surface area (Å²) < 4.78 is 5.74. The zero-order chi connectivity index (χ0) is 21.9. The van der Waals surface area contributed by atoms with Crippen LogP contribution in [-0.2, 0) is 4.79 Å². The number of guanidine groups is 1. The van der Waals surface area contributed by atoms with E-state index in [1.807, 2.05) is 6.07 Å². The van der Waals surface area contributed by atoms with Crippen LogP contribution in [0.15, 0.2) is 27.8 Å². The number of nitrogens with two attached hydrogens (primary N) is 1. The lowest BCUT2D eigenvalue weighted by molar-refractivity contribution is -0.123. The molecule has 0 spiro atoms. The Kier molecular flexibility index (Phi) is 9.68. The van der Waals surface area contributed by atoms with Crippen LogP contribution in [0.4, 0.5) is 0 Å². The maximum absolute atomic E-state index is 11.5. The summed E-state index contributed by atoms with van der Waals surface area (Å²) in [5.41, 5.74) is 5.49. The zero-order valence-corrected chi connectivity index (χ0v) is 19.0. The number of carbonyl (C=O) groups excluding carboxylic acids is 1. The van der Waals surface area contributed by atoms with Gasteiger partial charge in [0, 0.05) is 19.6 Å². The lowest BCUT2D eigenvalue weighted by Crippen LogP contribution is -2.43. The Hall–Kier alpha value is -2.06. The third-order valence-corrected chi connectivity index (χ3v) is 6.32. The molecule has 8 nitrogen and oxygen atoms in total. The van der Waals surface area contributed by atoms with E-state index in [9.17, 15) is 4.79 Å². The number of primary amides is 1. The molecule has 1 amide bonds. The van der Waals surface area contributed by atoms with Crippen LogP contribution in [0, 0.1) is 5.92 Å². The number of likely N-dealkylation sites (tertiary alicyclic amines) is 2. The van der Waals surface area contributed by atoms with Gasteiger partial charge < -0.3 is 25.7 Å². The predicted molar refractivity (Wildman–Crippen MR) is 124 cm³/mol. The number of furan rings is 1. The molecule has 2 fully saturated rings. The average Bonchev–Trinajstić information content (AvgIpc) is 3.32. The monoisotopic (exact) mass is 432 g/mol. The van der Waals surface area contributed by atoms with Crippen LogP contribution in [0.3, 0.4) is 0 Å². The van der Waals surface area contributed by atoms with Crippen molar-refractivity contribution in [2.45, 2.75) is 51.5 Å². The largest absolute Gasteiger partial charge is 0.468 e. The maximum atomic E-state index is 11.5. The van der Waals surface area contributed by atoms with Crippen molar-refractivity contribution in [2.75, 3.05) is 52.4 Å². The highest BCUT2D eigenvalue weighted by atomic mass is 16.3. The third-order valence-electron chi connectivity index (χ3n) is 6.32.